The summed E-state index contributed by atoms with van der Waals surface area (Å²) >= 11 is 0. The lowest BCUT2D eigenvalue weighted by Crippen LogP contribution is -2.32. The van der Waals surface area contributed by atoms with E-state index in [1.165, 1.54) is 4.68 Å². The maximum atomic E-state index is 11.8. The topological polar surface area (TPSA) is 90.1 Å². The summed E-state index contributed by atoms with van der Waals surface area (Å²) in [5.41, 5.74) is 0.637. The Morgan fingerprint density at radius 3 is 2.72 bits per heavy atom. The summed E-state index contributed by atoms with van der Waals surface area (Å²) in [7, 11) is 0. The predicted molar refractivity (Wildman–Crippen MR) is 66.3 cm³/mol. The first-order valence-electron chi connectivity index (χ1n) is 5.48. The first-order valence-corrected chi connectivity index (χ1v) is 5.48. The molecule has 0 bridgehead atoms. The average Bonchev–Trinajstić information content (AvgIpc) is 2.60. The molecule has 1 N–H and O–H groups in total. The van der Waals surface area contributed by atoms with E-state index in [2.05, 4.69) is 17.0 Å². The molecule has 0 aliphatic carbocycles. The number of hydrogen-bond donors (Lipinski definition) is 1. The van der Waals surface area contributed by atoms with Crippen molar-refractivity contribution in [1.82, 2.24) is 15.1 Å². The van der Waals surface area contributed by atoms with Gasteiger partial charge in [0.25, 0.3) is 0 Å². The maximum absolute atomic E-state index is 11.8. The van der Waals surface area contributed by atoms with Crippen LogP contribution >= 0.6 is 0 Å². The Kier molecular flexibility index (Phi) is 4.19. The largest absolute Gasteiger partial charge is 0.351 e. The maximum Gasteiger partial charge on any atom is 0.312 e. The molecule has 0 saturated carbocycles. The summed E-state index contributed by atoms with van der Waals surface area (Å²) in [6, 6.07) is -0.600. The zero-order chi connectivity index (χ0) is 13.9. The molecule has 1 rings (SSSR count). The van der Waals surface area contributed by atoms with Crippen molar-refractivity contribution in [2.75, 3.05) is 6.54 Å². The monoisotopic (exact) mass is 252 g/mol. The van der Waals surface area contributed by atoms with Crippen LogP contribution in [0.15, 0.2) is 12.7 Å². The van der Waals surface area contributed by atoms with Gasteiger partial charge in [0.2, 0.25) is 5.91 Å². The lowest BCUT2D eigenvalue weighted by molar-refractivity contribution is -0.386. The van der Waals surface area contributed by atoms with Crippen LogP contribution < -0.4 is 5.32 Å². The summed E-state index contributed by atoms with van der Waals surface area (Å²) in [5, 5.41) is 17.5. The van der Waals surface area contributed by atoms with E-state index in [0.29, 0.717) is 17.9 Å². The molecule has 1 amide bonds. The first kappa shape index (κ1) is 13.9. The van der Waals surface area contributed by atoms with Gasteiger partial charge in [-0.15, -0.1) is 6.58 Å². The van der Waals surface area contributed by atoms with Gasteiger partial charge in [0.1, 0.15) is 17.4 Å². The smallest absolute Gasteiger partial charge is 0.312 e. The zero-order valence-corrected chi connectivity index (χ0v) is 10.6. The van der Waals surface area contributed by atoms with Gasteiger partial charge in [0.05, 0.1) is 4.92 Å². The summed E-state index contributed by atoms with van der Waals surface area (Å²) in [6.07, 6.45) is 1.56. The Balaban J connectivity index is 3.03. The highest BCUT2D eigenvalue weighted by molar-refractivity contribution is 5.80. The average molecular weight is 252 g/mol. The number of aryl methyl sites for hydroxylation is 1. The predicted octanol–water partition coefficient (Wildman–Crippen LogP) is 1.27. The molecule has 0 aliphatic rings. The number of nitrogens with zero attached hydrogens (tertiary/aromatic N) is 3. The standard InChI is InChI=1S/C11H16N4O3/c1-5-6-12-11(16)9(4)14-8(3)10(15(17)18)7(2)13-14/h5,9H,1,6H2,2-4H3,(H,12,16). The minimum Gasteiger partial charge on any atom is -0.351 e. The van der Waals surface area contributed by atoms with Crippen molar-refractivity contribution in [2.24, 2.45) is 0 Å². The molecular weight excluding hydrogens is 236 g/mol. The molecule has 18 heavy (non-hydrogen) atoms. The highest BCUT2D eigenvalue weighted by Gasteiger charge is 2.26. The number of rotatable bonds is 5. The highest BCUT2D eigenvalue weighted by Crippen LogP contribution is 2.24. The van der Waals surface area contributed by atoms with Crippen LogP contribution in [0.5, 0.6) is 0 Å². The van der Waals surface area contributed by atoms with Gasteiger partial charge < -0.3 is 5.32 Å². The number of carbonyl (C=O) groups is 1. The van der Waals surface area contributed by atoms with Crippen LogP contribution in [0.2, 0.25) is 0 Å². The van der Waals surface area contributed by atoms with Crippen molar-refractivity contribution in [3.05, 3.63) is 34.2 Å². The molecule has 0 radical (unpaired) electrons. The van der Waals surface area contributed by atoms with E-state index in [1.54, 1.807) is 26.8 Å². The molecule has 1 aromatic rings. The van der Waals surface area contributed by atoms with Gasteiger partial charge in [-0.3, -0.25) is 19.6 Å². The number of nitrogens with one attached hydrogen (secondary N) is 1. The van der Waals surface area contributed by atoms with Crippen molar-refractivity contribution < 1.29 is 9.72 Å². The third kappa shape index (κ3) is 2.55. The molecule has 0 saturated heterocycles. The number of amides is 1. The number of aromatic nitrogens is 2. The molecular formula is C11H16N4O3. The lowest BCUT2D eigenvalue weighted by atomic mass is 10.3. The molecule has 0 fully saturated rings. The van der Waals surface area contributed by atoms with Gasteiger partial charge >= 0.3 is 5.69 Å². The SMILES string of the molecule is C=CCNC(=O)C(C)n1nc(C)c([N+](=O)[O-])c1C. The molecule has 1 heterocycles. The van der Waals surface area contributed by atoms with Gasteiger partial charge in [0.15, 0.2) is 0 Å². The molecule has 7 nitrogen and oxygen atoms in total. The van der Waals surface area contributed by atoms with E-state index >= 15 is 0 Å². The second-order valence-corrected chi connectivity index (χ2v) is 3.93. The van der Waals surface area contributed by atoms with Crippen LogP contribution in [-0.4, -0.2) is 27.2 Å². The van der Waals surface area contributed by atoms with Gasteiger partial charge in [0, 0.05) is 6.54 Å². The van der Waals surface area contributed by atoms with Crippen molar-refractivity contribution in [3.63, 3.8) is 0 Å². The van der Waals surface area contributed by atoms with Gasteiger partial charge in [-0.2, -0.15) is 5.10 Å². The second kappa shape index (κ2) is 5.44. The molecule has 0 aliphatic heterocycles. The van der Waals surface area contributed by atoms with Crippen molar-refractivity contribution in [3.8, 4) is 0 Å². The number of carbonyl (C=O) groups excluding carboxylic acids is 1. The first-order chi connectivity index (χ1) is 8.40. The quantitative estimate of drug-likeness (QED) is 0.485. The Hall–Kier alpha value is -2.18. The summed E-state index contributed by atoms with van der Waals surface area (Å²) in [4.78, 5) is 22.1. The molecule has 0 aromatic carbocycles. The Morgan fingerprint density at radius 2 is 2.28 bits per heavy atom. The van der Waals surface area contributed by atoms with Crippen molar-refractivity contribution >= 4 is 11.6 Å². The lowest BCUT2D eigenvalue weighted by Gasteiger charge is -2.12. The molecule has 1 atom stereocenters. The van der Waals surface area contributed by atoms with Gasteiger partial charge in [-0.1, -0.05) is 6.08 Å². The van der Waals surface area contributed by atoms with Crippen LogP contribution in [0, 0.1) is 24.0 Å². The number of nitro groups is 1. The van der Waals surface area contributed by atoms with Crippen LogP contribution in [0.3, 0.4) is 0 Å². The zero-order valence-electron chi connectivity index (χ0n) is 10.6. The van der Waals surface area contributed by atoms with E-state index in [0.717, 1.165) is 0 Å². The fourth-order valence-corrected chi connectivity index (χ4v) is 1.73. The number of hydrogen-bond acceptors (Lipinski definition) is 4. The molecule has 1 aromatic heterocycles. The molecule has 1 unspecified atom stereocenters. The van der Waals surface area contributed by atoms with Crippen LogP contribution in [-0.2, 0) is 4.79 Å². The van der Waals surface area contributed by atoms with Crippen LogP contribution in [0.25, 0.3) is 0 Å². The summed E-state index contributed by atoms with van der Waals surface area (Å²) < 4.78 is 1.37. The van der Waals surface area contributed by atoms with E-state index in [1.807, 2.05) is 0 Å². The van der Waals surface area contributed by atoms with E-state index in [4.69, 9.17) is 0 Å². The molecule has 98 valence electrons. The minimum atomic E-state index is -0.600. The fraction of sp³-hybridized carbons (Fsp3) is 0.455. The van der Waals surface area contributed by atoms with E-state index in [9.17, 15) is 14.9 Å². The Morgan fingerprint density at radius 1 is 1.67 bits per heavy atom. The molecule has 0 spiro atoms. The normalized spacial score (nSPS) is 11.9. The van der Waals surface area contributed by atoms with Gasteiger partial charge in [-0.05, 0) is 20.8 Å². The van der Waals surface area contributed by atoms with Gasteiger partial charge in [-0.25, -0.2) is 0 Å². The summed E-state index contributed by atoms with van der Waals surface area (Å²) in [5.74, 6) is -0.254. The van der Waals surface area contributed by atoms with Crippen LogP contribution in [0.1, 0.15) is 24.4 Å². The highest BCUT2D eigenvalue weighted by atomic mass is 16.6. The third-order valence-electron chi connectivity index (χ3n) is 2.64. The fourth-order valence-electron chi connectivity index (χ4n) is 1.73. The van der Waals surface area contributed by atoms with Crippen molar-refractivity contribution in [1.29, 1.82) is 0 Å². The van der Waals surface area contributed by atoms with E-state index in [-0.39, 0.29) is 11.6 Å². The Bertz CT molecular complexity index is 493. The minimum absolute atomic E-state index is 0.0432. The van der Waals surface area contributed by atoms with Crippen molar-refractivity contribution in [2.45, 2.75) is 26.8 Å². The third-order valence-corrected chi connectivity index (χ3v) is 2.64. The van der Waals surface area contributed by atoms with Crippen LogP contribution in [0.4, 0.5) is 5.69 Å². The second-order valence-electron chi connectivity index (χ2n) is 3.93. The molecule has 7 heteroatoms. The summed E-state index contributed by atoms with van der Waals surface area (Å²) in [6.45, 7) is 8.62. The van der Waals surface area contributed by atoms with E-state index < -0.39 is 11.0 Å². The Labute approximate surface area is 105 Å².